The minimum absolute atomic E-state index is 0.0212. The Hall–Kier alpha value is -2.37. The SMILES string of the molecule is Cc1ccc2c(c1)nc(CNC(=O)C1(c3ccccc3Cl)CCOCC1)n2C. The van der Waals surface area contributed by atoms with Crippen molar-refractivity contribution < 1.29 is 9.53 Å². The molecule has 6 heteroatoms. The highest BCUT2D eigenvalue weighted by Crippen LogP contribution is 2.39. The van der Waals surface area contributed by atoms with Crippen molar-refractivity contribution in [1.29, 1.82) is 0 Å². The lowest BCUT2D eigenvalue weighted by atomic mass is 9.73. The molecular weight excluding hydrogens is 374 g/mol. The number of hydrogen-bond donors (Lipinski definition) is 1. The van der Waals surface area contributed by atoms with Crippen LogP contribution in [0.5, 0.6) is 0 Å². The molecule has 0 atom stereocenters. The van der Waals surface area contributed by atoms with Crippen LogP contribution in [0.1, 0.15) is 29.8 Å². The molecule has 146 valence electrons. The first kappa shape index (κ1) is 19.0. The predicted octanol–water partition coefficient (Wildman–Crippen LogP) is 3.90. The summed E-state index contributed by atoms with van der Waals surface area (Å²) in [7, 11) is 1.98. The lowest BCUT2D eigenvalue weighted by Gasteiger charge is -2.36. The number of carbonyl (C=O) groups is 1. The van der Waals surface area contributed by atoms with Gasteiger partial charge in [0.15, 0.2) is 0 Å². The Morgan fingerprint density at radius 2 is 2.00 bits per heavy atom. The molecule has 1 N–H and O–H groups in total. The summed E-state index contributed by atoms with van der Waals surface area (Å²) in [6, 6.07) is 13.8. The molecule has 0 radical (unpaired) electrons. The molecule has 4 rings (SSSR count). The first-order valence-corrected chi connectivity index (χ1v) is 9.92. The van der Waals surface area contributed by atoms with Gasteiger partial charge in [-0.25, -0.2) is 4.98 Å². The van der Waals surface area contributed by atoms with E-state index in [1.807, 2.05) is 42.8 Å². The maximum Gasteiger partial charge on any atom is 0.231 e. The van der Waals surface area contributed by atoms with Gasteiger partial charge in [0.05, 0.1) is 23.0 Å². The van der Waals surface area contributed by atoms with E-state index in [2.05, 4.69) is 23.5 Å². The molecule has 1 saturated heterocycles. The van der Waals surface area contributed by atoms with Gasteiger partial charge in [0.25, 0.3) is 0 Å². The molecule has 2 aromatic carbocycles. The fourth-order valence-corrected chi connectivity index (χ4v) is 4.35. The molecule has 0 unspecified atom stereocenters. The average molecular weight is 398 g/mol. The van der Waals surface area contributed by atoms with Gasteiger partial charge in [0.2, 0.25) is 5.91 Å². The van der Waals surface area contributed by atoms with Gasteiger partial charge in [0.1, 0.15) is 5.82 Å². The van der Waals surface area contributed by atoms with Crippen LogP contribution in [0.3, 0.4) is 0 Å². The Morgan fingerprint density at radius 1 is 1.25 bits per heavy atom. The third-order valence-electron chi connectivity index (χ3n) is 5.71. The van der Waals surface area contributed by atoms with Crippen LogP contribution in [0, 0.1) is 6.92 Å². The van der Waals surface area contributed by atoms with Crippen LogP contribution in [0.2, 0.25) is 5.02 Å². The van der Waals surface area contributed by atoms with Gasteiger partial charge in [-0.1, -0.05) is 35.9 Å². The topological polar surface area (TPSA) is 56.1 Å². The van der Waals surface area contributed by atoms with Crippen LogP contribution in [0.4, 0.5) is 0 Å². The highest BCUT2D eigenvalue weighted by Gasteiger charge is 2.42. The van der Waals surface area contributed by atoms with Crippen molar-refractivity contribution >= 4 is 28.5 Å². The maximum atomic E-state index is 13.4. The molecule has 0 saturated carbocycles. The molecule has 0 spiro atoms. The van der Waals surface area contributed by atoms with E-state index in [9.17, 15) is 4.79 Å². The quantitative estimate of drug-likeness (QED) is 0.726. The molecule has 1 fully saturated rings. The van der Waals surface area contributed by atoms with E-state index in [4.69, 9.17) is 21.3 Å². The van der Waals surface area contributed by atoms with Crippen LogP contribution >= 0.6 is 11.6 Å². The molecule has 0 bridgehead atoms. The van der Waals surface area contributed by atoms with Crippen molar-refractivity contribution in [2.45, 2.75) is 31.7 Å². The van der Waals surface area contributed by atoms with E-state index >= 15 is 0 Å². The predicted molar refractivity (Wildman–Crippen MR) is 110 cm³/mol. The van der Waals surface area contributed by atoms with Gasteiger partial charge in [-0.3, -0.25) is 4.79 Å². The second-order valence-electron chi connectivity index (χ2n) is 7.44. The summed E-state index contributed by atoms with van der Waals surface area (Å²) in [5.41, 5.74) is 3.37. The number of ether oxygens (including phenoxy) is 1. The van der Waals surface area contributed by atoms with Crippen molar-refractivity contribution in [3.8, 4) is 0 Å². The number of hydrogen-bond acceptors (Lipinski definition) is 3. The first-order chi connectivity index (χ1) is 13.5. The van der Waals surface area contributed by atoms with Crippen LogP contribution < -0.4 is 5.32 Å². The zero-order valence-corrected chi connectivity index (χ0v) is 16.9. The summed E-state index contributed by atoms with van der Waals surface area (Å²) in [6.45, 7) is 3.51. The second kappa shape index (κ2) is 7.57. The summed E-state index contributed by atoms with van der Waals surface area (Å²) in [6.07, 6.45) is 1.23. The van der Waals surface area contributed by atoms with Crippen LogP contribution in [-0.4, -0.2) is 28.7 Å². The Kier molecular flexibility index (Phi) is 5.13. The van der Waals surface area contributed by atoms with E-state index in [1.54, 1.807) is 0 Å². The number of aryl methyl sites for hydroxylation is 2. The number of nitrogens with one attached hydrogen (secondary N) is 1. The normalized spacial score (nSPS) is 16.2. The molecule has 1 aliphatic rings. The highest BCUT2D eigenvalue weighted by molar-refractivity contribution is 6.31. The van der Waals surface area contributed by atoms with Crippen LogP contribution in [0.15, 0.2) is 42.5 Å². The summed E-state index contributed by atoms with van der Waals surface area (Å²) in [5, 5.41) is 3.74. The number of aromatic nitrogens is 2. The molecular formula is C22H24ClN3O2. The lowest BCUT2D eigenvalue weighted by molar-refractivity contribution is -0.130. The van der Waals surface area contributed by atoms with E-state index in [0.29, 0.717) is 37.6 Å². The molecule has 3 aromatic rings. The van der Waals surface area contributed by atoms with Gasteiger partial charge >= 0.3 is 0 Å². The fraction of sp³-hybridized carbons (Fsp3) is 0.364. The Labute approximate surface area is 169 Å². The number of rotatable bonds is 4. The average Bonchev–Trinajstić information content (AvgIpc) is 3.01. The van der Waals surface area contributed by atoms with Crippen LogP contribution in [0.25, 0.3) is 11.0 Å². The Balaban J connectivity index is 1.61. The van der Waals surface area contributed by atoms with E-state index < -0.39 is 5.41 Å². The summed E-state index contributed by atoms with van der Waals surface area (Å²) >= 11 is 6.46. The molecule has 5 nitrogen and oxygen atoms in total. The highest BCUT2D eigenvalue weighted by atomic mass is 35.5. The van der Waals surface area contributed by atoms with Gasteiger partial charge in [0, 0.05) is 25.3 Å². The standard InChI is InChI=1S/C22H24ClN3O2/c1-15-7-8-19-18(13-15)25-20(26(19)2)14-24-21(27)22(9-11-28-12-10-22)16-5-3-4-6-17(16)23/h3-8,13H,9-12,14H2,1-2H3,(H,24,27). The third-order valence-corrected chi connectivity index (χ3v) is 6.04. The number of nitrogens with zero attached hydrogens (tertiary/aromatic N) is 2. The van der Waals surface area contributed by atoms with Crippen molar-refractivity contribution in [2.75, 3.05) is 13.2 Å². The minimum Gasteiger partial charge on any atom is -0.381 e. The van der Waals surface area contributed by atoms with Crippen molar-refractivity contribution in [1.82, 2.24) is 14.9 Å². The molecule has 1 amide bonds. The monoisotopic (exact) mass is 397 g/mol. The molecule has 28 heavy (non-hydrogen) atoms. The van der Waals surface area contributed by atoms with Crippen molar-refractivity contribution in [3.63, 3.8) is 0 Å². The van der Waals surface area contributed by atoms with E-state index in [0.717, 1.165) is 22.4 Å². The van der Waals surface area contributed by atoms with Gasteiger partial charge in [-0.15, -0.1) is 0 Å². The number of amides is 1. The number of fused-ring (bicyclic) bond motifs is 1. The zero-order chi connectivity index (χ0) is 19.7. The maximum absolute atomic E-state index is 13.4. The fourth-order valence-electron chi connectivity index (χ4n) is 4.03. The molecule has 0 aliphatic carbocycles. The largest absolute Gasteiger partial charge is 0.381 e. The van der Waals surface area contributed by atoms with Gasteiger partial charge < -0.3 is 14.6 Å². The number of halogens is 1. The molecule has 2 heterocycles. The summed E-state index contributed by atoms with van der Waals surface area (Å²) < 4.78 is 7.56. The van der Waals surface area contributed by atoms with Crippen molar-refractivity contribution in [3.05, 3.63) is 64.4 Å². The summed E-state index contributed by atoms with van der Waals surface area (Å²) in [4.78, 5) is 18.1. The minimum atomic E-state index is -0.669. The number of imidazole rings is 1. The Morgan fingerprint density at radius 3 is 2.75 bits per heavy atom. The third kappa shape index (κ3) is 3.29. The second-order valence-corrected chi connectivity index (χ2v) is 7.84. The smallest absolute Gasteiger partial charge is 0.231 e. The number of carbonyl (C=O) groups excluding carboxylic acids is 1. The number of benzene rings is 2. The van der Waals surface area contributed by atoms with E-state index in [-0.39, 0.29) is 5.91 Å². The van der Waals surface area contributed by atoms with E-state index in [1.165, 1.54) is 5.56 Å². The van der Waals surface area contributed by atoms with Crippen molar-refractivity contribution in [2.24, 2.45) is 7.05 Å². The zero-order valence-electron chi connectivity index (χ0n) is 16.2. The van der Waals surface area contributed by atoms with Gasteiger partial charge in [-0.05, 0) is 49.1 Å². The first-order valence-electron chi connectivity index (χ1n) is 9.54. The molecule has 1 aliphatic heterocycles. The Bertz CT molecular complexity index is 1020. The molecule has 1 aromatic heterocycles. The lowest BCUT2D eigenvalue weighted by Crippen LogP contribution is -2.48. The van der Waals surface area contributed by atoms with Gasteiger partial charge in [-0.2, -0.15) is 0 Å². The van der Waals surface area contributed by atoms with Crippen LogP contribution in [-0.2, 0) is 28.5 Å². The summed E-state index contributed by atoms with van der Waals surface area (Å²) in [5.74, 6) is 0.808.